The van der Waals surface area contributed by atoms with Gasteiger partial charge in [-0.25, -0.2) is 0 Å². The smallest absolute Gasteiger partial charge is 0.143 e. The molecule has 0 amide bonds. The first-order valence-corrected chi connectivity index (χ1v) is 6.87. The van der Waals surface area contributed by atoms with E-state index in [1.54, 1.807) is 19.2 Å². The highest BCUT2D eigenvalue weighted by Crippen LogP contribution is 2.40. The maximum atomic E-state index is 10.2. The van der Waals surface area contributed by atoms with Crippen LogP contribution in [0.3, 0.4) is 0 Å². The zero-order valence-electron chi connectivity index (χ0n) is 9.87. The van der Waals surface area contributed by atoms with Gasteiger partial charge in [-0.2, -0.15) is 0 Å². The minimum atomic E-state index is 0.237. The predicted octanol–water partition coefficient (Wildman–Crippen LogP) is 4.87. The van der Waals surface area contributed by atoms with Crippen LogP contribution in [0, 0.1) is 0 Å². The number of hydrogen-bond acceptors (Lipinski definition) is 3. The lowest BCUT2D eigenvalue weighted by atomic mass is 10.1. The standard InChI is InChI=1S/C13H11Cl2NOS/c1-7(16-2)9-6-18-13(12(9)17)8-3-4-10(14)11(15)5-8/h3-6,17H,1-2H3. The van der Waals surface area contributed by atoms with Crippen LogP contribution in [0.25, 0.3) is 10.4 Å². The van der Waals surface area contributed by atoms with Crippen LogP contribution in [0.2, 0.25) is 10.0 Å². The van der Waals surface area contributed by atoms with Gasteiger partial charge in [0.05, 0.1) is 14.9 Å². The second kappa shape index (κ2) is 5.31. The molecular formula is C13H11Cl2NOS. The van der Waals surface area contributed by atoms with Crippen LogP contribution in [0.5, 0.6) is 5.75 Å². The van der Waals surface area contributed by atoms with Gasteiger partial charge < -0.3 is 5.11 Å². The largest absolute Gasteiger partial charge is 0.506 e. The molecule has 1 heterocycles. The molecule has 2 aromatic rings. The number of halogens is 2. The Bertz CT molecular complexity index is 619. The van der Waals surface area contributed by atoms with E-state index in [0.29, 0.717) is 10.0 Å². The maximum Gasteiger partial charge on any atom is 0.143 e. The Balaban J connectivity index is 2.52. The average Bonchev–Trinajstić information content (AvgIpc) is 2.74. The summed E-state index contributed by atoms with van der Waals surface area (Å²) in [5.41, 5.74) is 2.40. The molecule has 1 aromatic carbocycles. The number of benzene rings is 1. The molecule has 0 aliphatic heterocycles. The monoisotopic (exact) mass is 299 g/mol. The van der Waals surface area contributed by atoms with Crippen molar-refractivity contribution in [1.29, 1.82) is 0 Å². The van der Waals surface area contributed by atoms with E-state index in [9.17, 15) is 5.11 Å². The molecular weight excluding hydrogens is 289 g/mol. The van der Waals surface area contributed by atoms with Crippen LogP contribution in [-0.4, -0.2) is 17.9 Å². The van der Waals surface area contributed by atoms with Gasteiger partial charge in [-0.15, -0.1) is 11.3 Å². The van der Waals surface area contributed by atoms with Crippen molar-refractivity contribution >= 4 is 40.3 Å². The zero-order valence-corrected chi connectivity index (χ0v) is 12.2. The highest BCUT2D eigenvalue weighted by atomic mass is 35.5. The number of aromatic hydroxyl groups is 1. The Hall–Kier alpha value is -1.03. The molecule has 5 heteroatoms. The van der Waals surface area contributed by atoms with Gasteiger partial charge in [-0.3, -0.25) is 4.99 Å². The molecule has 2 nitrogen and oxygen atoms in total. The van der Waals surface area contributed by atoms with Crippen molar-refractivity contribution in [1.82, 2.24) is 0 Å². The molecule has 94 valence electrons. The van der Waals surface area contributed by atoms with E-state index in [1.165, 1.54) is 11.3 Å². The lowest BCUT2D eigenvalue weighted by molar-refractivity contribution is 0.478. The number of thiophene rings is 1. The third-order valence-corrected chi connectivity index (χ3v) is 4.43. The Morgan fingerprint density at radius 1 is 1.28 bits per heavy atom. The molecule has 0 saturated heterocycles. The minimum Gasteiger partial charge on any atom is -0.506 e. The third kappa shape index (κ3) is 2.39. The van der Waals surface area contributed by atoms with Crippen LogP contribution >= 0.6 is 34.5 Å². The van der Waals surface area contributed by atoms with Crippen LogP contribution in [0.4, 0.5) is 0 Å². The van der Waals surface area contributed by atoms with E-state index in [2.05, 4.69) is 4.99 Å². The molecule has 0 spiro atoms. The summed E-state index contributed by atoms with van der Waals surface area (Å²) in [6.45, 7) is 1.86. The zero-order chi connectivity index (χ0) is 13.3. The van der Waals surface area contributed by atoms with E-state index in [1.807, 2.05) is 18.4 Å². The fourth-order valence-corrected chi connectivity index (χ4v) is 2.87. The van der Waals surface area contributed by atoms with Gasteiger partial charge in [-0.05, 0) is 24.6 Å². The summed E-state index contributed by atoms with van der Waals surface area (Å²) < 4.78 is 0. The van der Waals surface area contributed by atoms with Crippen molar-refractivity contribution < 1.29 is 5.11 Å². The lowest BCUT2D eigenvalue weighted by Crippen LogP contribution is -1.91. The summed E-state index contributed by atoms with van der Waals surface area (Å²) in [4.78, 5) is 4.84. The number of nitrogens with zero attached hydrogens (tertiary/aromatic N) is 1. The molecule has 0 fully saturated rings. The van der Waals surface area contributed by atoms with Crippen molar-refractivity contribution in [3.8, 4) is 16.2 Å². The van der Waals surface area contributed by atoms with E-state index in [-0.39, 0.29) is 5.75 Å². The van der Waals surface area contributed by atoms with Gasteiger partial charge in [-0.1, -0.05) is 29.3 Å². The highest BCUT2D eigenvalue weighted by molar-refractivity contribution is 7.14. The third-order valence-electron chi connectivity index (χ3n) is 2.67. The molecule has 1 aromatic heterocycles. The SMILES string of the molecule is CN=C(C)c1csc(-c2ccc(Cl)c(Cl)c2)c1O. The summed E-state index contributed by atoms with van der Waals surface area (Å²) >= 11 is 13.3. The fraction of sp³-hybridized carbons (Fsp3) is 0.154. The van der Waals surface area contributed by atoms with E-state index in [0.717, 1.165) is 21.7 Å². The first-order valence-electron chi connectivity index (χ1n) is 5.24. The Morgan fingerprint density at radius 3 is 2.61 bits per heavy atom. The normalized spacial score (nSPS) is 11.9. The lowest BCUT2D eigenvalue weighted by Gasteiger charge is -2.03. The average molecular weight is 300 g/mol. The van der Waals surface area contributed by atoms with Crippen molar-refractivity contribution in [2.75, 3.05) is 7.05 Å². The van der Waals surface area contributed by atoms with Gasteiger partial charge >= 0.3 is 0 Å². The van der Waals surface area contributed by atoms with Crippen molar-refractivity contribution in [3.05, 3.63) is 39.2 Å². The van der Waals surface area contributed by atoms with Crippen molar-refractivity contribution in [2.45, 2.75) is 6.92 Å². The molecule has 0 saturated carbocycles. The predicted molar refractivity (Wildman–Crippen MR) is 79.6 cm³/mol. The van der Waals surface area contributed by atoms with E-state index in [4.69, 9.17) is 23.2 Å². The summed E-state index contributed by atoms with van der Waals surface area (Å²) in [6.07, 6.45) is 0. The summed E-state index contributed by atoms with van der Waals surface area (Å²) in [5, 5.41) is 13.1. The number of aliphatic imine (C=N–C) groups is 1. The summed E-state index contributed by atoms with van der Waals surface area (Å²) in [5.74, 6) is 0.237. The Labute approximate surface area is 120 Å². The molecule has 1 N–H and O–H groups in total. The first kappa shape index (κ1) is 13.4. The van der Waals surface area contributed by atoms with Gasteiger partial charge in [0, 0.05) is 23.7 Å². The molecule has 0 aliphatic rings. The molecule has 0 atom stereocenters. The van der Waals surface area contributed by atoms with E-state index >= 15 is 0 Å². The molecule has 0 bridgehead atoms. The van der Waals surface area contributed by atoms with Gasteiger partial charge in [0.15, 0.2) is 0 Å². The molecule has 2 rings (SSSR count). The summed E-state index contributed by atoms with van der Waals surface area (Å²) in [7, 11) is 1.70. The van der Waals surface area contributed by atoms with Gasteiger partial charge in [0.1, 0.15) is 5.75 Å². The van der Waals surface area contributed by atoms with Gasteiger partial charge in [0.25, 0.3) is 0 Å². The van der Waals surface area contributed by atoms with Crippen LogP contribution < -0.4 is 0 Å². The maximum absolute atomic E-state index is 10.2. The second-order valence-electron chi connectivity index (χ2n) is 3.77. The highest BCUT2D eigenvalue weighted by Gasteiger charge is 2.14. The van der Waals surface area contributed by atoms with Gasteiger partial charge in [0.2, 0.25) is 0 Å². The first-order chi connectivity index (χ1) is 8.54. The van der Waals surface area contributed by atoms with Crippen LogP contribution in [0.1, 0.15) is 12.5 Å². The van der Waals surface area contributed by atoms with Crippen molar-refractivity contribution in [3.63, 3.8) is 0 Å². The fourth-order valence-electron chi connectivity index (χ4n) is 1.57. The molecule has 0 unspecified atom stereocenters. The molecule has 0 radical (unpaired) electrons. The summed E-state index contributed by atoms with van der Waals surface area (Å²) in [6, 6.07) is 5.30. The van der Waals surface area contributed by atoms with Crippen molar-refractivity contribution in [2.24, 2.45) is 4.99 Å². The minimum absolute atomic E-state index is 0.237. The Kier molecular flexibility index (Phi) is 3.95. The van der Waals surface area contributed by atoms with E-state index < -0.39 is 0 Å². The van der Waals surface area contributed by atoms with Crippen LogP contribution in [0.15, 0.2) is 28.6 Å². The number of hydrogen-bond donors (Lipinski definition) is 1. The topological polar surface area (TPSA) is 32.6 Å². The van der Waals surface area contributed by atoms with Crippen LogP contribution in [-0.2, 0) is 0 Å². The quantitative estimate of drug-likeness (QED) is 0.789. The molecule has 18 heavy (non-hydrogen) atoms. The number of rotatable bonds is 2. The Morgan fingerprint density at radius 2 is 2.00 bits per heavy atom. The molecule has 0 aliphatic carbocycles. The second-order valence-corrected chi connectivity index (χ2v) is 5.46.